The number of hydrogen-bond donors (Lipinski definition) is 1. The Hall–Kier alpha value is -3.54. The summed E-state index contributed by atoms with van der Waals surface area (Å²) >= 11 is 12.6. The van der Waals surface area contributed by atoms with Gasteiger partial charge in [-0.25, -0.2) is 4.98 Å². The summed E-state index contributed by atoms with van der Waals surface area (Å²) in [5.74, 6) is 1.73. The molecule has 1 N–H and O–H groups in total. The van der Waals surface area contributed by atoms with Crippen molar-refractivity contribution in [3.63, 3.8) is 0 Å². The number of H-pyrrole nitrogens is 1. The van der Waals surface area contributed by atoms with Crippen molar-refractivity contribution in [3.8, 4) is 28.8 Å². The Morgan fingerprint density at radius 3 is 2.57 bits per heavy atom. The van der Waals surface area contributed by atoms with Gasteiger partial charge in [-0.3, -0.25) is 10.1 Å². The van der Waals surface area contributed by atoms with Crippen molar-refractivity contribution in [2.45, 2.75) is 32.4 Å². The maximum atomic E-state index is 9.77. The topological polar surface area (TPSA) is 100.0 Å². The minimum absolute atomic E-state index is 0.378. The fourth-order valence-corrected chi connectivity index (χ4v) is 4.96. The predicted molar refractivity (Wildman–Crippen MR) is 135 cm³/mol. The summed E-state index contributed by atoms with van der Waals surface area (Å²) in [7, 11) is 1.57. The van der Waals surface area contributed by atoms with Crippen LogP contribution in [0.3, 0.4) is 0 Å². The molecule has 1 aliphatic rings. The first-order chi connectivity index (χ1) is 16.9. The van der Waals surface area contributed by atoms with Gasteiger partial charge < -0.3 is 14.4 Å². The summed E-state index contributed by atoms with van der Waals surface area (Å²) in [5, 5.41) is 18.9. The van der Waals surface area contributed by atoms with Crippen LogP contribution in [0, 0.1) is 11.3 Å². The fraction of sp³-hybridized carbons (Fsp3) is 0.280. The molecule has 10 heteroatoms. The molecule has 0 bridgehead atoms. The van der Waals surface area contributed by atoms with E-state index in [2.05, 4.69) is 38.1 Å². The van der Waals surface area contributed by atoms with E-state index in [9.17, 15) is 5.26 Å². The number of halogens is 2. The molecule has 0 saturated carbocycles. The average Bonchev–Trinajstić information content (AvgIpc) is 3.25. The molecule has 3 aromatic heterocycles. The predicted octanol–water partition coefficient (Wildman–Crippen LogP) is 5.95. The van der Waals surface area contributed by atoms with E-state index in [1.165, 1.54) is 12.4 Å². The molecule has 5 rings (SSSR count). The monoisotopic (exact) mass is 508 g/mol. The van der Waals surface area contributed by atoms with E-state index < -0.39 is 6.10 Å². The number of rotatable bonds is 6. The van der Waals surface area contributed by atoms with E-state index in [4.69, 9.17) is 32.7 Å². The number of aromatic amines is 1. The third-order valence-electron chi connectivity index (χ3n) is 6.30. The molecule has 2 atom stereocenters. The Kier molecular flexibility index (Phi) is 6.13. The molecular weight excluding hydrogens is 487 g/mol. The molecule has 0 amide bonds. The van der Waals surface area contributed by atoms with Crippen molar-refractivity contribution in [2.24, 2.45) is 0 Å². The van der Waals surface area contributed by atoms with Crippen LogP contribution in [0.15, 0.2) is 36.8 Å². The number of ether oxygens (including phenoxy) is 2. The number of nitrogens with zero attached hydrogens (tertiary/aromatic N) is 5. The van der Waals surface area contributed by atoms with Gasteiger partial charge in [0.1, 0.15) is 23.7 Å². The summed E-state index contributed by atoms with van der Waals surface area (Å²) in [5.41, 5.74) is 3.31. The highest BCUT2D eigenvalue weighted by Crippen LogP contribution is 2.40. The number of benzene rings is 1. The zero-order valence-corrected chi connectivity index (χ0v) is 20.9. The molecule has 4 aromatic rings. The van der Waals surface area contributed by atoms with Gasteiger partial charge in [0.25, 0.3) is 0 Å². The molecule has 0 radical (unpaired) electrons. The SMILES string of the molecule is COc1cc2[nH]nc(-c3cnc(N4CC[C@@H]4C)c(C#N)c3)c2cc1O[C@H](C)c1c(Cl)cncc1Cl. The maximum Gasteiger partial charge on any atom is 0.162 e. The van der Waals surface area contributed by atoms with Crippen LogP contribution in [0.2, 0.25) is 10.0 Å². The highest BCUT2D eigenvalue weighted by atomic mass is 35.5. The van der Waals surface area contributed by atoms with E-state index in [1.54, 1.807) is 13.3 Å². The van der Waals surface area contributed by atoms with Crippen LogP contribution < -0.4 is 14.4 Å². The average molecular weight is 509 g/mol. The quantitative estimate of drug-likeness (QED) is 0.343. The van der Waals surface area contributed by atoms with Crippen LogP contribution in [-0.4, -0.2) is 39.9 Å². The first-order valence-electron chi connectivity index (χ1n) is 11.1. The molecule has 1 aliphatic heterocycles. The number of aromatic nitrogens is 4. The van der Waals surface area contributed by atoms with Crippen molar-refractivity contribution in [3.05, 3.63) is 58.0 Å². The standard InChI is InChI=1S/C25H22Cl2N6O2/c1-13-4-5-33(13)25-15(9-28)6-16(10-30-25)24-17-7-22(21(34-3)8-20(17)31-32-24)35-14(2)23-18(26)11-29-12-19(23)27/h6-8,10-14H,4-5H2,1-3H3,(H,31,32)/t13-,14+/m0/s1. The van der Waals surface area contributed by atoms with E-state index in [-0.39, 0.29) is 0 Å². The van der Waals surface area contributed by atoms with Crippen LogP contribution >= 0.6 is 23.2 Å². The first kappa shape index (κ1) is 23.2. The second-order valence-electron chi connectivity index (χ2n) is 8.44. The lowest BCUT2D eigenvalue weighted by atomic mass is 10.0. The second kappa shape index (κ2) is 9.25. The molecular formula is C25H22Cl2N6O2. The van der Waals surface area contributed by atoms with Crippen molar-refractivity contribution >= 4 is 39.9 Å². The molecule has 35 heavy (non-hydrogen) atoms. The minimum Gasteiger partial charge on any atom is -0.493 e. The van der Waals surface area contributed by atoms with Gasteiger partial charge in [-0.2, -0.15) is 10.4 Å². The summed E-state index contributed by atoms with van der Waals surface area (Å²) in [6, 6.07) is 8.16. The maximum absolute atomic E-state index is 9.77. The van der Waals surface area contributed by atoms with Crippen molar-refractivity contribution in [1.82, 2.24) is 20.2 Å². The third-order valence-corrected chi connectivity index (χ3v) is 6.90. The molecule has 1 aromatic carbocycles. The summed E-state index contributed by atoms with van der Waals surface area (Å²) in [6.07, 6.45) is 5.44. The van der Waals surface area contributed by atoms with Crippen LogP contribution in [0.4, 0.5) is 5.82 Å². The number of nitrogens with one attached hydrogen (secondary N) is 1. The summed E-state index contributed by atoms with van der Waals surface area (Å²) < 4.78 is 11.8. The van der Waals surface area contributed by atoms with E-state index >= 15 is 0 Å². The number of nitriles is 1. The summed E-state index contributed by atoms with van der Waals surface area (Å²) in [6.45, 7) is 4.88. The molecule has 0 unspecified atom stereocenters. The molecule has 4 heterocycles. The number of fused-ring (bicyclic) bond motifs is 1. The Labute approximate surface area is 212 Å². The van der Waals surface area contributed by atoms with Gasteiger partial charge in [-0.05, 0) is 32.4 Å². The van der Waals surface area contributed by atoms with E-state index in [0.29, 0.717) is 50.2 Å². The number of anilines is 1. The van der Waals surface area contributed by atoms with Gasteiger partial charge in [0, 0.05) is 53.8 Å². The van der Waals surface area contributed by atoms with Gasteiger partial charge in [0.2, 0.25) is 0 Å². The minimum atomic E-state index is -0.468. The largest absolute Gasteiger partial charge is 0.493 e. The molecule has 178 valence electrons. The van der Waals surface area contributed by atoms with Crippen molar-refractivity contribution in [2.75, 3.05) is 18.6 Å². The molecule has 8 nitrogen and oxygen atoms in total. The van der Waals surface area contributed by atoms with Gasteiger partial charge in [-0.1, -0.05) is 23.2 Å². The fourth-order valence-electron chi connectivity index (χ4n) is 4.28. The Bertz CT molecular complexity index is 1440. The van der Waals surface area contributed by atoms with E-state index in [0.717, 1.165) is 29.4 Å². The lowest BCUT2D eigenvalue weighted by molar-refractivity contribution is 0.216. The zero-order chi connectivity index (χ0) is 24.7. The highest BCUT2D eigenvalue weighted by Gasteiger charge is 2.27. The van der Waals surface area contributed by atoms with Crippen molar-refractivity contribution in [1.29, 1.82) is 5.26 Å². The van der Waals surface area contributed by atoms with Crippen LogP contribution in [0.25, 0.3) is 22.2 Å². The molecule has 1 saturated heterocycles. The van der Waals surface area contributed by atoms with Crippen molar-refractivity contribution < 1.29 is 9.47 Å². The summed E-state index contributed by atoms with van der Waals surface area (Å²) in [4.78, 5) is 10.7. The molecule has 1 fully saturated rings. The number of methoxy groups -OCH3 is 1. The Morgan fingerprint density at radius 1 is 1.17 bits per heavy atom. The Balaban J connectivity index is 1.54. The van der Waals surface area contributed by atoms with Crippen LogP contribution in [-0.2, 0) is 0 Å². The lowest BCUT2D eigenvalue weighted by Gasteiger charge is -2.40. The third kappa shape index (κ3) is 4.11. The van der Waals surface area contributed by atoms with Gasteiger partial charge in [0.05, 0.1) is 28.2 Å². The first-order valence-corrected chi connectivity index (χ1v) is 11.9. The molecule has 0 aliphatic carbocycles. The van der Waals surface area contributed by atoms with Gasteiger partial charge in [-0.15, -0.1) is 0 Å². The number of hydrogen-bond acceptors (Lipinski definition) is 7. The highest BCUT2D eigenvalue weighted by molar-refractivity contribution is 6.35. The van der Waals surface area contributed by atoms with Crippen LogP contribution in [0.1, 0.15) is 37.5 Å². The number of pyridine rings is 2. The van der Waals surface area contributed by atoms with Gasteiger partial charge >= 0.3 is 0 Å². The normalized spacial score (nSPS) is 16.0. The van der Waals surface area contributed by atoms with Crippen LogP contribution in [0.5, 0.6) is 11.5 Å². The molecule has 0 spiro atoms. The van der Waals surface area contributed by atoms with E-state index in [1.807, 2.05) is 25.1 Å². The lowest BCUT2D eigenvalue weighted by Crippen LogP contribution is -2.46. The Morgan fingerprint density at radius 2 is 1.94 bits per heavy atom. The van der Waals surface area contributed by atoms with Gasteiger partial charge in [0.15, 0.2) is 11.5 Å². The zero-order valence-electron chi connectivity index (χ0n) is 19.3. The second-order valence-corrected chi connectivity index (χ2v) is 9.25. The smallest absolute Gasteiger partial charge is 0.162 e.